The third kappa shape index (κ3) is 7.01. The molecule has 35 heavy (non-hydrogen) atoms. The molecular weight excluding hydrogens is 546 g/mol. The third-order valence-corrected chi connectivity index (χ3v) is 4.71. The van der Waals surface area contributed by atoms with Crippen LogP contribution in [-0.4, -0.2) is 36.3 Å². The number of alkyl halides is 9. The lowest BCUT2D eigenvalue weighted by atomic mass is 10.0. The SMILES string of the molecule is O=C(Nc1ccc(Cc2ccc(N(C(=O)C(F)(F)F)C(=O)C(F)(F)F)c(Cl)c2)cc1Cl)C(F)(F)F. The molecule has 0 fully saturated rings. The number of carbonyl (C=O) groups excluding carboxylic acids is 3. The fourth-order valence-corrected chi connectivity index (χ4v) is 3.14. The number of carbonyl (C=O) groups is 3. The summed E-state index contributed by atoms with van der Waals surface area (Å²) >= 11 is 11.6. The summed E-state index contributed by atoms with van der Waals surface area (Å²) in [5, 5.41) is 0.433. The molecule has 0 aliphatic heterocycles. The van der Waals surface area contributed by atoms with Crippen molar-refractivity contribution in [2.24, 2.45) is 0 Å². The zero-order valence-corrected chi connectivity index (χ0v) is 18.0. The summed E-state index contributed by atoms with van der Waals surface area (Å²) in [7, 11) is 0. The molecule has 0 aromatic heterocycles. The Labute approximate surface area is 199 Å². The van der Waals surface area contributed by atoms with Gasteiger partial charge in [0.2, 0.25) is 0 Å². The van der Waals surface area contributed by atoms with Crippen molar-refractivity contribution in [3.8, 4) is 0 Å². The molecule has 16 heteroatoms. The van der Waals surface area contributed by atoms with E-state index in [1.54, 1.807) is 5.32 Å². The van der Waals surface area contributed by atoms with Gasteiger partial charge >= 0.3 is 36.3 Å². The molecule has 0 saturated heterocycles. The number of benzene rings is 2. The summed E-state index contributed by atoms with van der Waals surface area (Å²) in [6, 6.07) is 5.83. The number of hydrogen-bond acceptors (Lipinski definition) is 3. The number of nitrogens with zero attached hydrogens (tertiary/aromatic N) is 1. The lowest BCUT2D eigenvalue weighted by Gasteiger charge is -2.24. The van der Waals surface area contributed by atoms with Crippen molar-refractivity contribution in [2.75, 3.05) is 10.2 Å². The van der Waals surface area contributed by atoms with Crippen molar-refractivity contribution in [1.29, 1.82) is 0 Å². The minimum atomic E-state index is -5.83. The van der Waals surface area contributed by atoms with Crippen LogP contribution < -0.4 is 10.2 Å². The van der Waals surface area contributed by atoms with E-state index in [2.05, 4.69) is 0 Å². The fraction of sp³-hybridized carbons (Fsp3) is 0.211. The molecule has 2 aromatic carbocycles. The van der Waals surface area contributed by atoms with E-state index in [0.717, 1.165) is 24.3 Å². The van der Waals surface area contributed by atoms with Crippen molar-refractivity contribution in [2.45, 2.75) is 24.9 Å². The molecule has 0 heterocycles. The van der Waals surface area contributed by atoms with Crippen molar-refractivity contribution in [1.82, 2.24) is 0 Å². The molecule has 0 saturated carbocycles. The molecule has 5 nitrogen and oxygen atoms in total. The lowest BCUT2D eigenvalue weighted by Crippen LogP contribution is -2.50. The van der Waals surface area contributed by atoms with E-state index in [4.69, 9.17) is 23.2 Å². The second-order valence-corrected chi connectivity index (χ2v) is 7.48. The molecule has 2 aromatic rings. The predicted octanol–water partition coefficient (Wildman–Crippen LogP) is 6.07. The number of nitrogens with one attached hydrogen (secondary N) is 1. The second kappa shape index (κ2) is 9.93. The largest absolute Gasteiger partial charge is 0.472 e. The Hall–Kier alpha value is -3.00. The molecule has 0 unspecified atom stereocenters. The summed E-state index contributed by atoms with van der Waals surface area (Å²) in [6.07, 6.45) is -17.0. The van der Waals surface area contributed by atoms with Crippen LogP contribution in [0.5, 0.6) is 0 Å². The minimum Gasteiger partial charge on any atom is -0.317 e. The monoisotopic (exact) mass is 554 g/mol. The van der Waals surface area contributed by atoms with E-state index in [1.165, 1.54) is 6.07 Å². The molecule has 0 spiro atoms. The number of rotatable bonds is 4. The van der Waals surface area contributed by atoms with Gasteiger partial charge in [-0.25, -0.2) is 4.90 Å². The highest BCUT2D eigenvalue weighted by molar-refractivity contribution is 6.35. The van der Waals surface area contributed by atoms with Gasteiger partial charge in [0.15, 0.2) is 0 Å². The summed E-state index contributed by atoms with van der Waals surface area (Å²) < 4.78 is 114. The topological polar surface area (TPSA) is 66.5 Å². The van der Waals surface area contributed by atoms with Crippen molar-refractivity contribution in [3.63, 3.8) is 0 Å². The quantitative estimate of drug-likeness (QED) is 0.466. The molecule has 2 rings (SSSR count). The van der Waals surface area contributed by atoms with Gasteiger partial charge in [-0.2, -0.15) is 39.5 Å². The van der Waals surface area contributed by atoms with Gasteiger partial charge in [-0.1, -0.05) is 35.3 Å². The van der Waals surface area contributed by atoms with Crippen LogP contribution in [0.25, 0.3) is 0 Å². The average Bonchev–Trinajstić information content (AvgIpc) is 2.69. The van der Waals surface area contributed by atoms with Gasteiger partial charge < -0.3 is 5.32 Å². The Morgan fingerprint density at radius 3 is 1.57 bits per heavy atom. The Morgan fingerprint density at radius 1 is 0.714 bits per heavy atom. The number of anilines is 2. The van der Waals surface area contributed by atoms with E-state index in [0.29, 0.717) is 11.6 Å². The molecule has 0 aliphatic carbocycles. The van der Waals surface area contributed by atoms with Gasteiger partial charge in [0.25, 0.3) is 0 Å². The van der Waals surface area contributed by atoms with E-state index in [1.807, 2.05) is 0 Å². The molecule has 0 atom stereocenters. The number of amides is 3. The summed E-state index contributed by atoms with van der Waals surface area (Å²) in [5.74, 6) is -8.50. The van der Waals surface area contributed by atoms with Crippen LogP contribution in [0.1, 0.15) is 11.1 Å². The Kier molecular flexibility index (Phi) is 8.01. The van der Waals surface area contributed by atoms with Crippen LogP contribution in [0, 0.1) is 0 Å². The molecule has 190 valence electrons. The van der Waals surface area contributed by atoms with Gasteiger partial charge in [0, 0.05) is 0 Å². The number of imide groups is 1. The fourth-order valence-electron chi connectivity index (χ4n) is 2.61. The number of hydrogen-bond donors (Lipinski definition) is 1. The van der Waals surface area contributed by atoms with Crippen LogP contribution in [0.4, 0.5) is 50.9 Å². The maximum Gasteiger partial charge on any atom is 0.472 e. The minimum absolute atomic E-state index is 0.131. The smallest absolute Gasteiger partial charge is 0.317 e. The molecule has 0 radical (unpaired) electrons. The van der Waals surface area contributed by atoms with Gasteiger partial charge in [-0.3, -0.25) is 14.4 Å². The maximum absolute atomic E-state index is 12.8. The van der Waals surface area contributed by atoms with Gasteiger partial charge in [-0.05, 0) is 41.8 Å². The van der Waals surface area contributed by atoms with E-state index in [-0.39, 0.29) is 22.7 Å². The normalized spacial score (nSPS) is 12.3. The standard InChI is InChI=1S/C19H9Cl2F9N2O3/c20-10-6-8(1-3-12(10)31-14(33)17(22,23)24)5-9-2-4-13(11(21)7-9)32(15(34)18(25,26)27)16(35)19(28,29)30/h1-4,6-7H,5H2,(H,31,33). The maximum atomic E-state index is 12.8. The summed E-state index contributed by atoms with van der Waals surface area (Å²) in [5.41, 5.74) is -1.11. The molecular formula is C19H9Cl2F9N2O3. The van der Waals surface area contributed by atoms with Crippen molar-refractivity contribution in [3.05, 3.63) is 57.6 Å². The predicted molar refractivity (Wildman–Crippen MR) is 105 cm³/mol. The first kappa shape index (κ1) is 28.2. The Balaban J connectivity index is 2.34. The van der Waals surface area contributed by atoms with Gasteiger partial charge in [0.1, 0.15) is 0 Å². The van der Waals surface area contributed by atoms with Crippen molar-refractivity contribution >= 4 is 52.3 Å². The summed E-state index contributed by atoms with van der Waals surface area (Å²) in [6.45, 7) is 0. The molecule has 0 aliphatic rings. The van der Waals surface area contributed by atoms with Gasteiger partial charge in [0.05, 0.1) is 21.4 Å². The number of halogens is 11. The highest BCUT2D eigenvalue weighted by Crippen LogP contribution is 2.35. The Morgan fingerprint density at radius 2 is 1.17 bits per heavy atom. The highest BCUT2D eigenvalue weighted by Gasteiger charge is 2.53. The van der Waals surface area contributed by atoms with Crippen molar-refractivity contribution < 1.29 is 53.9 Å². The first-order valence-corrected chi connectivity index (χ1v) is 9.55. The molecule has 0 bridgehead atoms. The van der Waals surface area contributed by atoms with E-state index >= 15 is 0 Å². The molecule has 1 N–H and O–H groups in total. The first-order valence-electron chi connectivity index (χ1n) is 8.80. The van der Waals surface area contributed by atoms with E-state index in [9.17, 15) is 53.9 Å². The second-order valence-electron chi connectivity index (χ2n) is 6.67. The zero-order valence-electron chi connectivity index (χ0n) is 16.5. The average molecular weight is 555 g/mol. The third-order valence-electron chi connectivity index (χ3n) is 4.09. The van der Waals surface area contributed by atoms with Crippen LogP contribution in [0.3, 0.4) is 0 Å². The van der Waals surface area contributed by atoms with Crippen LogP contribution >= 0.6 is 23.2 Å². The molecule has 3 amide bonds. The van der Waals surface area contributed by atoms with Crippen LogP contribution in [0.2, 0.25) is 10.0 Å². The van der Waals surface area contributed by atoms with E-state index < -0.39 is 51.9 Å². The van der Waals surface area contributed by atoms with Gasteiger partial charge in [-0.15, -0.1) is 0 Å². The zero-order chi connectivity index (χ0) is 26.9. The van der Waals surface area contributed by atoms with Crippen LogP contribution in [-0.2, 0) is 20.8 Å². The van der Waals surface area contributed by atoms with Crippen LogP contribution in [0.15, 0.2) is 36.4 Å². The summed E-state index contributed by atoms with van der Waals surface area (Å²) in [4.78, 5) is 32.9. The lowest BCUT2D eigenvalue weighted by molar-refractivity contribution is -0.181. The first-order chi connectivity index (χ1) is 15.8. The highest BCUT2D eigenvalue weighted by atomic mass is 35.5. The Bertz CT molecular complexity index is 1140.